The second-order valence-electron chi connectivity index (χ2n) is 6.20. The number of likely N-dealkylation sites (N-methyl/N-ethyl adjacent to an activating group) is 1. The first-order chi connectivity index (χ1) is 12.5. The van der Waals surface area contributed by atoms with Crippen LogP contribution >= 0.6 is 23.1 Å². The number of benzene rings is 2. The van der Waals surface area contributed by atoms with E-state index in [1.165, 1.54) is 34.1 Å². The fourth-order valence-corrected chi connectivity index (χ4v) is 4.20. The molecular weight excluding hydrogens is 369 g/mol. The zero-order valence-electron chi connectivity index (χ0n) is 15.0. The zero-order valence-corrected chi connectivity index (χ0v) is 16.6. The van der Waals surface area contributed by atoms with Gasteiger partial charge in [-0.1, -0.05) is 29.5 Å². The smallest absolute Gasteiger partial charge is 0.261 e. The van der Waals surface area contributed by atoms with Gasteiger partial charge < -0.3 is 4.90 Å². The van der Waals surface area contributed by atoms with Gasteiger partial charge in [0.05, 0.1) is 37.4 Å². The van der Waals surface area contributed by atoms with Crippen LogP contribution < -0.4 is 9.80 Å². The molecule has 0 unspecified atom stereocenters. The number of hydrogen-bond acceptors (Lipinski definition) is 4. The van der Waals surface area contributed by atoms with Gasteiger partial charge >= 0.3 is 0 Å². The van der Waals surface area contributed by atoms with Gasteiger partial charge in [0, 0.05) is 4.90 Å². The number of aromatic nitrogens is 1. The Kier molecular flexibility index (Phi) is 5.90. The number of halogens is 1. The molecule has 0 atom stereocenters. The number of carbonyl (C=O) groups is 1. The fourth-order valence-electron chi connectivity index (χ4n) is 2.60. The van der Waals surface area contributed by atoms with Gasteiger partial charge in [-0.15, -0.1) is 11.8 Å². The molecule has 2 aromatic carbocycles. The summed E-state index contributed by atoms with van der Waals surface area (Å²) in [4.78, 5) is 21.5. The van der Waals surface area contributed by atoms with E-state index in [2.05, 4.69) is 4.98 Å². The molecule has 0 saturated carbocycles. The molecule has 0 saturated heterocycles. The van der Waals surface area contributed by atoms with Crippen LogP contribution in [0.15, 0.2) is 47.4 Å². The van der Waals surface area contributed by atoms with Crippen LogP contribution in [0.1, 0.15) is 10.4 Å². The summed E-state index contributed by atoms with van der Waals surface area (Å²) in [5.74, 6) is -0.462. The Morgan fingerprint density at radius 3 is 2.69 bits per heavy atom. The molecule has 0 spiro atoms. The molecule has 1 heterocycles. The minimum Gasteiger partial charge on any atom is -0.338 e. The topological polar surface area (TPSA) is 37.6 Å². The first-order valence-electron chi connectivity index (χ1n) is 8.30. The van der Waals surface area contributed by atoms with Crippen molar-refractivity contribution >= 4 is 44.4 Å². The Morgan fingerprint density at radius 1 is 1.23 bits per heavy atom. The van der Waals surface area contributed by atoms with E-state index in [0.717, 1.165) is 16.1 Å². The molecule has 3 aromatic rings. The second-order valence-corrected chi connectivity index (χ2v) is 8.05. The lowest BCUT2D eigenvalue weighted by atomic mass is 10.2. The number of amides is 1. The van der Waals surface area contributed by atoms with E-state index in [0.29, 0.717) is 22.8 Å². The van der Waals surface area contributed by atoms with Gasteiger partial charge in [-0.2, -0.15) is 0 Å². The molecule has 26 heavy (non-hydrogen) atoms. The highest BCUT2D eigenvalue weighted by Crippen LogP contribution is 2.32. The number of para-hydroxylation sites is 1. The van der Waals surface area contributed by atoms with E-state index in [1.807, 2.05) is 50.7 Å². The van der Waals surface area contributed by atoms with Crippen LogP contribution in [-0.2, 0) is 0 Å². The summed E-state index contributed by atoms with van der Waals surface area (Å²) < 4.78 is 14.8. The molecular formula is C19H21FN3OS2+. The lowest BCUT2D eigenvalue weighted by molar-refractivity contribution is -0.856. The van der Waals surface area contributed by atoms with Crippen LogP contribution in [0.5, 0.6) is 0 Å². The number of thiazole rings is 1. The van der Waals surface area contributed by atoms with Crippen molar-refractivity contribution in [2.75, 3.05) is 38.3 Å². The summed E-state index contributed by atoms with van der Waals surface area (Å²) in [5.41, 5.74) is 0.967. The number of nitrogens with one attached hydrogen (secondary N) is 1. The van der Waals surface area contributed by atoms with Gasteiger partial charge in [0.1, 0.15) is 11.3 Å². The number of thioether (sulfide) groups is 1. The summed E-state index contributed by atoms with van der Waals surface area (Å²) in [7, 11) is 4.08. The third kappa shape index (κ3) is 3.90. The number of quaternary nitrogens is 1. The Bertz CT molecular complexity index is 926. The van der Waals surface area contributed by atoms with Crippen LogP contribution in [0.25, 0.3) is 10.2 Å². The number of rotatable bonds is 6. The molecule has 7 heteroatoms. The Hall–Kier alpha value is -1.96. The standard InChI is InChI=1S/C19H20FN3OS2/c1-22(2)11-12-23(18(24)13-7-4-5-9-15(13)25-3)19-21-17-14(20)8-6-10-16(17)26-19/h4-10H,11-12H2,1-3H3/p+1. The van der Waals surface area contributed by atoms with Crippen LogP contribution in [0.3, 0.4) is 0 Å². The van der Waals surface area contributed by atoms with Crippen molar-refractivity contribution in [3.05, 3.63) is 53.8 Å². The van der Waals surface area contributed by atoms with Crippen LogP contribution in [0.2, 0.25) is 0 Å². The van der Waals surface area contributed by atoms with E-state index >= 15 is 0 Å². The van der Waals surface area contributed by atoms with Crippen molar-refractivity contribution < 1.29 is 14.1 Å². The number of fused-ring (bicyclic) bond motifs is 1. The summed E-state index contributed by atoms with van der Waals surface area (Å²) in [6.07, 6.45) is 1.95. The van der Waals surface area contributed by atoms with Crippen LogP contribution in [0, 0.1) is 5.82 Å². The maximum absolute atomic E-state index is 14.1. The maximum atomic E-state index is 14.1. The molecule has 0 radical (unpaired) electrons. The quantitative estimate of drug-likeness (QED) is 0.658. The third-order valence-corrected chi connectivity index (χ3v) is 5.85. The van der Waals surface area contributed by atoms with Crippen molar-refractivity contribution in [3.8, 4) is 0 Å². The molecule has 1 amide bonds. The lowest BCUT2D eigenvalue weighted by Gasteiger charge is -2.21. The summed E-state index contributed by atoms with van der Waals surface area (Å²) in [6, 6.07) is 12.4. The van der Waals surface area contributed by atoms with E-state index in [-0.39, 0.29) is 11.7 Å². The Labute approximate surface area is 160 Å². The van der Waals surface area contributed by atoms with Crippen molar-refractivity contribution in [1.29, 1.82) is 0 Å². The summed E-state index contributed by atoms with van der Waals surface area (Å²) in [6.45, 7) is 1.29. The second kappa shape index (κ2) is 8.16. The van der Waals surface area contributed by atoms with Gasteiger partial charge in [0.2, 0.25) is 0 Å². The number of anilines is 1. The zero-order chi connectivity index (χ0) is 18.7. The predicted molar refractivity (Wildman–Crippen MR) is 107 cm³/mol. The van der Waals surface area contributed by atoms with E-state index in [9.17, 15) is 9.18 Å². The van der Waals surface area contributed by atoms with Gasteiger partial charge in [0.15, 0.2) is 5.13 Å². The highest BCUT2D eigenvalue weighted by Gasteiger charge is 2.24. The van der Waals surface area contributed by atoms with Gasteiger partial charge in [0.25, 0.3) is 5.91 Å². The minimum atomic E-state index is -0.361. The van der Waals surface area contributed by atoms with E-state index < -0.39 is 0 Å². The summed E-state index contributed by atoms with van der Waals surface area (Å²) in [5, 5.41) is 0.534. The Balaban J connectivity index is 2.03. The monoisotopic (exact) mass is 390 g/mol. The molecule has 3 rings (SSSR count). The van der Waals surface area contributed by atoms with Crippen molar-refractivity contribution in [2.24, 2.45) is 0 Å². The predicted octanol–water partition coefficient (Wildman–Crippen LogP) is 2.95. The van der Waals surface area contributed by atoms with E-state index in [1.54, 1.807) is 11.0 Å². The molecule has 1 aromatic heterocycles. The maximum Gasteiger partial charge on any atom is 0.261 e. The van der Waals surface area contributed by atoms with Gasteiger partial charge in [-0.05, 0) is 30.5 Å². The van der Waals surface area contributed by atoms with Gasteiger partial charge in [-0.25, -0.2) is 9.37 Å². The molecule has 0 fully saturated rings. The van der Waals surface area contributed by atoms with Crippen LogP contribution in [0.4, 0.5) is 9.52 Å². The first kappa shape index (κ1) is 18.8. The average Bonchev–Trinajstić information content (AvgIpc) is 3.06. The number of nitrogens with zero attached hydrogens (tertiary/aromatic N) is 2. The third-order valence-electron chi connectivity index (χ3n) is 4.01. The Morgan fingerprint density at radius 2 is 2.00 bits per heavy atom. The summed E-state index contributed by atoms with van der Waals surface area (Å²) >= 11 is 2.88. The van der Waals surface area contributed by atoms with E-state index in [4.69, 9.17) is 0 Å². The van der Waals surface area contributed by atoms with Gasteiger partial charge in [-0.3, -0.25) is 9.69 Å². The molecule has 1 N–H and O–H groups in total. The number of hydrogen-bond donors (Lipinski definition) is 1. The lowest BCUT2D eigenvalue weighted by Crippen LogP contribution is -3.06. The largest absolute Gasteiger partial charge is 0.338 e. The van der Waals surface area contributed by atoms with Crippen molar-refractivity contribution in [3.63, 3.8) is 0 Å². The highest BCUT2D eigenvalue weighted by molar-refractivity contribution is 7.98. The minimum absolute atomic E-state index is 0.101. The molecule has 0 bridgehead atoms. The number of carbonyl (C=O) groups excluding carboxylic acids is 1. The average molecular weight is 391 g/mol. The van der Waals surface area contributed by atoms with Crippen molar-refractivity contribution in [1.82, 2.24) is 4.98 Å². The molecule has 0 aliphatic carbocycles. The molecule has 136 valence electrons. The van der Waals surface area contributed by atoms with Crippen LogP contribution in [-0.4, -0.2) is 44.3 Å². The highest BCUT2D eigenvalue weighted by atomic mass is 32.2. The fraction of sp³-hybridized carbons (Fsp3) is 0.263. The molecule has 0 aliphatic heterocycles. The van der Waals surface area contributed by atoms with Crippen molar-refractivity contribution in [2.45, 2.75) is 4.90 Å². The SMILES string of the molecule is CSc1ccccc1C(=O)N(CC[NH+](C)C)c1nc2c(F)cccc2s1. The first-order valence-corrected chi connectivity index (χ1v) is 10.3. The molecule has 0 aliphatic rings. The normalized spacial score (nSPS) is 11.3. The molecule has 4 nitrogen and oxygen atoms in total.